The topological polar surface area (TPSA) is 62.5 Å². The van der Waals surface area contributed by atoms with Gasteiger partial charge in [0, 0.05) is 17.5 Å². The first-order chi connectivity index (χ1) is 8.72. The van der Waals surface area contributed by atoms with Crippen molar-refractivity contribution >= 4 is 16.9 Å². The van der Waals surface area contributed by atoms with Gasteiger partial charge in [-0.2, -0.15) is 0 Å². The molecular weight excluding hydrogens is 230 g/mol. The first-order valence-electron chi connectivity index (χ1n) is 6.13. The van der Waals surface area contributed by atoms with Crippen molar-refractivity contribution in [1.29, 1.82) is 0 Å². The van der Waals surface area contributed by atoms with Gasteiger partial charge in [-0.25, -0.2) is 0 Å². The third-order valence-electron chi connectivity index (χ3n) is 2.98. The number of nitrogens with one attached hydrogen (secondary N) is 1. The predicted molar refractivity (Wildman–Crippen MR) is 69.4 cm³/mol. The minimum atomic E-state index is -0.801. The van der Waals surface area contributed by atoms with Gasteiger partial charge in [0.15, 0.2) is 0 Å². The predicted octanol–water partition coefficient (Wildman–Crippen LogP) is 2.78. The van der Waals surface area contributed by atoms with Crippen LogP contribution in [0.4, 0.5) is 0 Å². The summed E-state index contributed by atoms with van der Waals surface area (Å²) in [5, 5.41) is 13.1. The molecule has 1 unspecified atom stereocenters. The second kappa shape index (κ2) is 5.69. The lowest BCUT2D eigenvalue weighted by Gasteiger charge is -2.12. The Hall–Kier alpha value is -1.81. The molecule has 2 N–H and O–H groups in total. The van der Waals surface area contributed by atoms with Crippen molar-refractivity contribution < 1.29 is 14.3 Å². The Balaban J connectivity index is 2.07. The van der Waals surface area contributed by atoms with Gasteiger partial charge in [-0.1, -0.05) is 31.5 Å². The van der Waals surface area contributed by atoms with Gasteiger partial charge in [0.25, 0.3) is 0 Å². The van der Waals surface area contributed by atoms with Gasteiger partial charge in [-0.15, -0.1) is 0 Å². The molecule has 4 heteroatoms. The fourth-order valence-electron chi connectivity index (χ4n) is 2.00. The lowest BCUT2D eigenvalue weighted by Crippen LogP contribution is -2.35. The molecule has 0 bridgehead atoms. The third kappa shape index (κ3) is 2.71. The second-order valence-corrected chi connectivity index (χ2v) is 4.32. The molecule has 0 spiro atoms. The summed E-state index contributed by atoms with van der Waals surface area (Å²) in [6.07, 6.45) is 3.16. The third-order valence-corrected chi connectivity index (χ3v) is 2.98. The number of hydrogen-bond acceptors (Lipinski definition) is 3. The Kier molecular flexibility index (Phi) is 3.99. The average molecular weight is 247 g/mol. The molecule has 0 aliphatic carbocycles. The molecule has 1 aromatic heterocycles. The zero-order chi connectivity index (χ0) is 13.0. The Labute approximate surface area is 106 Å². The first-order valence-corrected chi connectivity index (χ1v) is 6.13. The monoisotopic (exact) mass is 247 g/mol. The fourth-order valence-corrected chi connectivity index (χ4v) is 2.00. The van der Waals surface area contributed by atoms with Crippen LogP contribution >= 0.6 is 0 Å². The highest BCUT2D eigenvalue weighted by Gasteiger charge is 2.16. The molecule has 4 nitrogen and oxygen atoms in total. The molecule has 96 valence electrons. The standard InChI is InChI=1S/C14H17NO3/c1-2-5-12(14(16)17)15-8-10-9-18-13-7-4-3-6-11(10)13/h3-4,6-7,9,12,15H,2,5,8H2,1H3,(H,16,17). The highest BCUT2D eigenvalue weighted by Crippen LogP contribution is 2.20. The maximum atomic E-state index is 11.0. The van der Waals surface area contributed by atoms with Crippen molar-refractivity contribution in [1.82, 2.24) is 5.32 Å². The van der Waals surface area contributed by atoms with Gasteiger partial charge in [-0.3, -0.25) is 4.79 Å². The Morgan fingerprint density at radius 2 is 2.22 bits per heavy atom. The molecule has 1 aromatic carbocycles. The SMILES string of the molecule is CCCC(NCc1coc2ccccc12)C(=O)O. The Morgan fingerprint density at radius 1 is 1.44 bits per heavy atom. The first kappa shape index (κ1) is 12.6. The van der Waals surface area contributed by atoms with E-state index in [1.165, 1.54) is 0 Å². The number of hydrogen-bond donors (Lipinski definition) is 2. The molecule has 18 heavy (non-hydrogen) atoms. The molecule has 0 saturated heterocycles. The number of carboxylic acids is 1. The normalized spacial score (nSPS) is 12.7. The number of furan rings is 1. The highest BCUT2D eigenvalue weighted by atomic mass is 16.4. The van der Waals surface area contributed by atoms with Crippen molar-refractivity contribution in [2.45, 2.75) is 32.4 Å². The van der Waals surface area contributed by atoms with Crippen LogP contribution in [0.1, 0.15) is 25.3 Å². The largest absolute Gasteiger partial charge is 0.480 e. The minimum Gasteiger partial charge on any atom is -0.480 e. The van der Waals surface area contributed by atoms with Gasteiger partial charge >= 0.3 is 5.97 Å². The maximum absolute atomic E-state index is 11.0. The number of aliphatic carboxylic acids is 1. The molecule has 0 fully saturated rings. The van der Waals surface area contributed by atoms with Crippen molar-refractivity contribution in [3.63, 3.8) is 0 Å². The Morgan fingerprint density at radius 3 is 2.94 bits per heavy atom. The number of fused-ring (bicyclic) bond motifs is 1. The summed E-state index contributed by atoms with van der Waals surface area (Å²) in [5.74, 6) is -0.801. The summed E-state index contributed by atoms with van der Waals surface area (Å²) in [7, 11) is 0. The van der Waals surface area contributed by atoms with Crippen LogP contribution in [-0.2, 0) is 11.3 Å². The van der Waals surface area contributed by atoms with Gasteiger partial charge in [0.05, 0.1) is 6.26 Å². The molecule has 2 aromatic rings. The van der Waals surface area contributed by atoms with E-state index in [0.717, 1.165) is 23.0 Å². The van der Waals surface area contributed by atoms with Crippen LogP contribution in [0.2, 0.25) is 0 Å². The van der Waals surface area contributed by atoms with E-state index in [1.54, 1.807) is 6.26 Å². The summed E-state index contributed by atoms with van der Waals surface area (Å²) in [6.45, 7) is 2.48. The van der Waals surface area contributed by atoms with Gasteiger partial charge in [0.1, 0.15) is 11.6 Å². The zero-order valence-corrected chi connectivity index (χ0v) is 10.3. The maximum Gasteiger partial charge on any atom is 0.320 e. The molecule has 0 aliphatic rings. The van der Waals surface area contributed by atoms with E-state index in [2.05, 4.69) is 5.32 Å². The summed E-state index contributed by atoms with van der Waals surface area (Å²) in [4.78, 5) is 11.0. The molecule has 0 amide bonds. The van der Waals surface area contributed by atoms with E-state index in [0.29, 0.717) is 13.0 Å². The van der Waals surface area contributed by atoms with E-state index in [4.69, 9.17) is 9.52 Å². The summed E-state index contributed by atoms with van der Waals surface area (Å²) in [6, 6.07) is 7.25. The minimum absolute atomic E-state index is 0.497. The van der Waals surface area contributed by atoms with Gasteiger partial charge in [0.2, 0.25) is 0 Å². The number of carboxylic acid groups (broad SMARTS) is 1. The van der Waals surface area contributed by atoms with Gasteiger partial charge < -0.3 is 14.8 Å². The van der Waals surface area contributed by atoms with Gasteiger partial charge in [-0.05, 0) is 12.5 Å². The van der Waals surface area contributed by atoms with E-state index >= 15 is 0 Å². The van der Waals surface area contributed by atoms with Crippen molar-refractivity contribution in [3.05, 3.63) is 36.1 Å². The lowest BCUT2D eigenvalue weighted by atomic mass is 10.1. The number of benzene rings is 1. The molecule has 2 rings (SSSR count). The number of carbonyl (C=O) groups is 1. The van der Waals surface area contributed by atoms with Crippen LogP contribution in [0.3, 0.4) is 0 Å². The lowest BCUT2D eigenvalue weighted by molar-refractivity contribution is -0.139. The smallest absolute Gasteiger partial charge is 0.320 e. The van der Waals surface area contributed by atoms with Crippen LogP contribution < -0.4 is 5.32 Å². The van der Waals surface area contributed by atoms with Crippen LogP contribution in [0.25, 0.3) is 11.0 Å². The van der Waals surface area contributed by atoms with Crippen LogP contribution in [0.15, 0.2) is 34.9 Å². The summed E-state index contributed by atoms with van der Waals surface area (Å²) >= 11 is 0. The Bertz CT molecular complexity index is 533. The van der Waals surface area contributed by atoms with Crippen LogP contribution in [0, 0.1) is 0 Å². The fraction of sp³-hybridized carbons (Fsp3) is 0.357. The molecule has 0 radical (unpaired) electrons. The molecular formula is C14H17NO3. The van der Waals surface area contributed by atoms with E-state index < -0.39 is 12.0 Å². The van der Waals surface area contributed by atoms with Crippen molar-refractivity contribution in [2.75, 3.05) is 0 Å². The molecule has 1 heterocycles. The second-order valence-electron chi connectivity index (χ2n) is 4.32. The van der Waals surface area contributed by atoms with E-state index in [1.807, 2.05) is 31.2 Å². The summed E-state index contributed by atoms with van der Waals surface area (Å²) in [5.41, 5.74) is 1.82. The van der Waals surface area contributed by atoms with E-state index in [-0.39, 0.29) is 0 Å². The molecule has 1 atom stereocenters. The molecule has 0 saturated carbocycles. The highest BCUT2D eigenvalue weighted by molar-refractivity contribution is 5.81. The quantitative estimate of drug-likeness (QED) is 0.824. The van der Waals surface area contributed by atoms with Crippen LogP contribution in [0.5, 0.6) is 0 Å². The van der Waals surface area contributed by atoms with Crippen molar-refractivity contribution in [2.24, 2.45) is 0 Å². The number of para-hydroxylation sites is 1. The molecule has 0 aliphatic heterocycles. The van der Waals surface area contributed by atoms with E-state index in [9.17, 15) is 4.79 Å². The number of rotatable bonds is 6. The zero-order valence-electron chi connectivity index (χ0n) is 10.3. The van der Waals surface area contributed by atoms with Crippen molar-refractivity contribution in [3.8, 4) is 0 Å². The average Bonchev–Trinajstić information content (AvgIpc) is 2.77. The van der Waals surface area contributed by atoms with Crippen LogP contribution in [-0.4, -0.2) is 17.1 Å². The summed E-state index contributed by atoms with van der Waals surface area (Å²) < 4.78 is 5.41.